The van der Waals surface area contributed by atoms with Gasteiger partial charge in [0.05, 0.1) is 22.3 Å². The third kappa shape index (κ3) is 4.81. The van der Waals surface area contributed by atoms with Gasteiger partial charge in [-0.2, -0.15) is 0 Å². The lowest BCUT2D eigenvalue weighted by atomic mass is 10.1. The van der Waals surface area contributed by atoms with E-state index < -0.39 is 0 Å². The maximum Gasteiger partial charge on any atom is 0.262 e. The van der Waals surface area contributed by atoms with E-state index in [1.165, 1.54) is 11.8 Å². The average Bonchev–Trinajstić information content (AvgIpc) is 2.76. The van der Waals surface area contributed by atoms with Crippen LogP contribution in [0.15, 0.2) is 46.3 Å². The zero-order valence-corrected chi connectivity index (χ0v) is 19.3. The normalized spacial score (nSPS) is 13.1. The van der Waals surface area contributed by atoms with Gasteiger partial charge in [-0.3, -0.25) is 19.0 Å². The quantitative estimate of drug-likeness (QED) is 0.312. The van der Waals surface area contributed by atoms with Crippen molar-refractivity contribution in [2.75, 3.05) is 17.7 Å². The van der Waals surface area contributed by atoms with Crippen LogP contribution >= 0.6 is 23.4 Å². The number of aromatic nitrogens is 2. The molecule has 4 rings (SSSR count). The van der Waals surface area contributed by atoms with Gasteiger partial charge in [-0.1, -0.05) is 37.2 Å². The summed E-state index contributed by atoms with van der Waals surface area (Å²) < 4.78 is 6.97. The number of amides is 1. The highest BCUT2D eigenvalue weighted by Crippen LogP contribution is 2.29. The summed E-state index contributed by atoms with van der Waals surface area (Å²) >= 11 is 7.31. The summed E-state index contributed by atoms with van der Waals surface area (Å²) in [6, 6.07) is 9.95. The minimum atomic E-state index is -0.260. The van der Waals surface area contributed by atoms with Crippen LogP contribution in [0.2, 0.25) is 5.02 Å². The van der Waals surface area contributed by atoms with Crippen LogP contribution in [0, 0.1) is 5.92 Å². The molecule has 1 aliphatic heterocycles. The minimum absolute atomic E-state index is 0.0400. The van der Waals surface area contributed by atoms with Gasteiger partial charge in [0.1, 0.15) is 5.75 Å². The Bertz CT molecular complexity index is 1270. The Balaban J connectivity index is 1.61. The van der Waals surface area contributed by atoms with Crippen molar-refractivity contribution < 1.29 is 14.3 Å². The Kier molecular flexibility index (Phi) is 6.53. The standard InChI is InChI=1S/C23H22ClN3O4S/c1-13(2)7-8-27-22(30)16-5-4-15(24)10-17(16)26-23(27)32-12-19(28)14-3-6-20-18(9-14)25-21(29)11-31-20/h3-6,9-10,13H,7-8,11-12H2,1-2H3,(H,25,29). The van der Waals surface area contributed by atoms with Gasteiger partial charge in [0, 0.05) is 17.1 Å². The number of hydrogen-bond acceptors (Lipinski definition) is 6. The Morgan fingerprint density at radius 2 is 2.06 bits per heavy atom. The van der Waals surface area contributed by atoms with E-state index in [0.717, 1.165) is 6.42 Å². The van der Waals surface area contributed by atoms with Crippen LogP contribution in [0.1, 0.15) is 30.6 Å². The number of hydrogen-bond donors (Lipinski definition) is 1. The van der Waals surface area contributed by atoms with Crippen molar-refractivity contribution in [3.63, 3.8) is 0 Å². The van der Waals surface area contributed by atoms with Gasteiger partial charge >= 0.3 is 0 Å². The topological polar surface area (TPSA) is 90.3 Å². The number of Topliss-reactive ketones (excluding diaryl/α,β-unsaturated/α-hetero) is 1. The largest absolute Gasteiger partial charge is 0.482 e. The Hall–Kier alpha value is -2.84. The van der Waals surface area contributed by atoms with Gasteiger partial charge in [-0.15, -0.1) is 0 Å². The molecule has 1 amide bonds. The van der Waals surface area contributed by atoms with Crippen molar-refractivity contribution >= 4 is 51.6 Å². The van der Waals surface area contributed by atoms with Crippen LogP contribution in [-0.2, 0) is 11.3 Å². The number of halogens is 1. The second kappa shape index (κ2) is 9.34. The molecule has 0 aliphatic carbocycles. The lowest BCUT2D eigenvalue weighted by Crippen LogP contribution is -2.25. The van der Waals surface area contributed by atoms with Crippen molar-refractivity contribution in [1.82, 2.24) is 9.55 Å². The molecule has 0 saturated heterocycles. The number of carbonyl (C=O) groups excluding carboxylic acids is 2. The molecule has 3 aromatic rings. The van der Waals surface area contributed by atoms with E-state index in [-0.39, 0.29) is 29.6 Å². The summed E-state index contributed by atoms with van der Waals surface area (Å²) in [5.74, 6) is 0.631. The van der Waals surface area contributed by atoms with Crippen LogP contribution in [0.4, 0.5) is 5.69 Å². The first-order valence-corrected chi connectivity index (χ1v) is 11.6. The van der Waals surface area contributed by atoms with E-state index >= 15 is 0 Å². The summed E-state index contributed by atoms with van der Waals surface area (Å²) in [6.07, 6.45) is 0.812. The third-order valence-corrected chi connectivity index (χ3v) is 6.29. The highest BCUT2D eigenvalue weighted by molar-refractivity contribution is 7.99. The van der Waals surface area contributed by atoms with Gasteiger partial charge < -0.3 is 10.1 Å². The molecule has 0 fully saturated rings. The SMILES string of the molecule is CC(C)CCn1c(SCC(=O)c2ccc3c(c2)NC(=O)CO3)nc2cc(Cl)ccc2c1=O. The number of carbonyl (C=O) groups is 2. The number of ether oxygens (including phenoxy) is 1. The summed E-state index contributed by atoms with van der Waals surface area (Å²) in [4.78, 5) is 42.1. The number of nitrogens with one attached hydrogen (secondary N) is 1. The summed E-state index contributed by atoms with van der Waals surface area (Å²) in [6.45, 7) is 4.66. The van der Waals surface area contributed by atoms with Crippen LogP contribution < -0.4 is 15.6 Å². The zero-order valence-electron chi connectivity index (χ0n) is 17.7. The predicted octanol–water partition coefficient (Wildman–Crippen LogP) is 4.40. The molecule has 0 spiro atoms. The van der Waals surface area contributed by atoms with Crippen molar-refractivity contribution in [3.05, 3.63) is 57.3 Å². The molecule has 0 atom stereocenters. The molecule has 2 aromatic carbocycles. The van der Waals surface area contributed by atoms with Crippen LogP contribution in [0.25, 0.3) is 10.9 Å². The Labute approximate surface area is 194 Å². The zero-order chi connectivity index (χ0) is 22.8. The molecule has 166 valence electrons. The molecule has 0 saturated carbocycles. The monoisotopic (exact) mass is 471 g/mol. The van der Waals surface area contributed by atoms with Crippen molar-refractivity contribution in [1.29, 1.82) is 0 Å². The number of ketones is 1. The van der Waals surface area contributed by atoms with E-state index in [9.17, 15) is 14.4 Å². The molecule has 1 aromatic heterocycles. The minimum Gasteiger partial charge on any atom is -0.482 e. The molecule has 2 heterocycles. The van der Waals surface area contributed by atoms with Gasteiger partial charge in [0.15, 0.2) is 17.5 Å². The third-order valence-electron chi connectivity index (χ3n) is 5.08. The summed E-state index contributed by atoms with van der Waals surface area (Å²) in [7, 11) is 0. The van der Waals surface area contributed by atoms with Crippen LogP contribution in [0.5, 0.6) is 5.75 Å². The molecule has 1 N–H and O–H groups in total. The molecule has 0 bridgehead atoms. The predicted molar refractivity (Wildman–Crippen MR) is 126 cm³/mol. The smallest absolute Gasteiger partial charge is 0.262 e. The molecule has 0 radical (unpaired) electrons. The highest BCUT2D eigenvalue weighted by atomic mass is 35.5. The van der Waals surface area contributed by atoms with Gasteiger partial charge in [0.2, 0.25) is 0 Å². The lowest BCUT2D eigenvalue weighted by Gasteiger charge is -2.18. The Morgan fingerprint density at radius 1 is 1.25 bits per heavy atom. The summed E-state index contributed by atoms with van der Waals surface area (Å²) in [5, 5.41) is 4.18. The Morgan fingerprint density at radius 3 is 2.84 bits per heavy atom. The molecule has 9 heteroatoms. The molecule has 7 nitrogen and oxygen atoms in total. The van der Waals surface area contributed by atoms with Gasteiger partial charge in [-0.05, 0) is 48.7 Å². The number of anilines is 1. The summed E-state index contributed by atoms with van der Waals surface area (Å²) in [5.41, 5.74) is 1.29. The van der Waals surface area contributed by atoms with Crippen molar-refractivity contribution in [3.8, 4) is 5.75 Å². The second-order valence-electron chi connectivity index (χ2n) is 7.95. The fourth-order valence-electron chi connectivity index (χ4n) is 3.34. The fraction of sp³-hybridized carbons (Fsp3) is 0.304. The number of thioether (sulfide) groups is 1. The number of rotatable bonds is 7. The maximum atomic E-state index is 13.1. The number of fused-ring (bicyclic) bond motifs is 2. The molecule has 1 aliphatic rings. The van der Waals surface area contributed by atoms with Crippen molar-refractivity contribution in [2.24, 2.45) is 5.92 Å². The molecular weight excluding hydrogens is 450 g/mol. The molecule has 0 unspecified atom stereocenters. The lowest BCUT2D eigenvalue weighted by molar-refractivity contribution is -0.118. The first-order chi connectivity index (χ1) is 15.3. The van der Waals surface area contributed by atoms with E-state index in [4.69, 9.17) is 16.3 Å². The first kappa shape index (κ1) is 22.4. The van der Waals surface area contributed by atoms with E-state index in [2.05, 4.69) is 24.1 Å². The van der Waals surface area contributed by atoms with E-state index in [1.807, 2.05) is 0 Å². The molecular formula is C23H22ClN3O4S. The average molecular weight is 472 g/mol. The van der Waals surface area contributed by atoms with Gasteiger partial charge in [-0.25, -0.2) is 4.98 Å². The van der Waals surface area contributed by atoms with E-state index in [1.54, 1.807) is 41.0 Å². The second-order valence-corrected chi connectivity index (χ2v) is 9.33. The number of benzene rings is 2. The first-order valence-electron chi connectivity index (χ1n) is 10.2. The number of nitrogens with zero attached hydrogens (tertiary/aromatic N) is 2. The highest BCUT2D eigenvalue weighted by Gasteiger charge is 2.19. The van der Waals surface area contributed by atoms with Crippen molar-refractivity contribution in [2.45, 2.75) is 32.0 Å². The fourth-order valence-corrected chi connectivity index (χ4v) is 4.42. The molecule has 32 heavy (non-hydrogen) atoms. The maximum absolute atomic E-state index is 13.1. The van der Waals surface area contributed by atoms with E-state index in [0.29, 0.717) is 50.5 Å². The van der Waals surface area contributed by atoms with Crippen LogP contribution in [-0.4, -0.2) is 33.6 Å². The van der Waals surface area contributed by atoms with Gasteiger partial charge in [0.25, 0.3) is 11.5 Å². The van der Waals surface area contributed by atoms with Crippen LogP contribution in [0.3, 0.4) is 0 Å².